The third-order valence-electron chi connectivity index (χ3n) is 13.5. The minimum atomic E-state index is -0.538. The third kappa shape index (κ3) is 2.75. The lowest BCUT2D eigenvalue weighted by atomic mass is 9.32. The van der Waals surface area contributed by atoms with Gasteiger partial charge in [-0.05, 0) is 122 Å². The van der Waals surface area contributed by atoms with Gasteiger partial charge in [0.2, 0.25) is 0 Å². The average Bonchev–Trinajstić information content (AvgIpc) is 3.13. The number of carbonyl (C=O) groups is 1. The molecule has 0 bridgehead atoms. The van der Waals surface area contributed by atoms with Crippen molar-refractivity contribution >= 4 is 5.97 Å². The van der Waals surface area contributed by atoms with Crippen molar-refractivity contribution in [2.45, 2.75) is 112 Å². The molecule has 0 heterocycles. The van der Waals surface area contributed by atoms with E-state index in [4.69, 9.17) is 0 Å². The van der Waals surface area contributed by atoms with Gasteiger partial charge in [0.1, 0.15) is 0 Å². The van der Waals surface area contributed by atoms with E-state index in [9.17, 15) is 15.0 Å². The zero-order chi connectivity index (χ0) is 24.2. The quantitative estimate of drug-likeness (QED) is 0.436. The maximum absolute atomic E-state index is 12.8. The molecule has 0 unspecified atom stereocenters. The minimum Gasteiger partial charge on any atom is -0.481 e. The Balaban J connectivity index is 1.57. The second-order valence-electron chi connectivity index (χ2n) is 14.5. The molecular weight excluding hydrogens is 408 g/mol. The maximum Gasteiger partial charge on any atom is 0.309 e. The molecule has 0 amide bonds. The molecule has 0 aliphatic heterocycles. The Hall–Kier alpha value is -0.830. The fraction of sp³-hybridized carbons (Fsp3) is 0.900. The fourth-order valence-corrected chi connectivity index (χ4v) is 11.5. The van der Waals surface area contributed by atoms with Gasteiger partial charge in [0.15, 0.2) is 0 Å². The zero-order valence-corrected chi connectivity index (χ0v) is 22.0. The van der Waals surface area contributed by atoms with Gasteiger partial charge in [0.25, 0.3) is 0 Å². The van der Waals surface area contributed by atoms with E-state index in [0.717, 1.165) is 38.5 Å². The molecule has 5 rings (SSSR count). The summed E-state index contributed by atoms with van der Waals surface area (Å²) in [6, 6.07) is 0. The summed E-state index contributed by atoms with van der Waals surface area (Å²) >= 11 is 0. The lowest BCUT2D eigenvalue weighted by Gasteiger charge is -2.72. The van der Waals surface area contributed by atoms with E-state index in [1.165, 1.54) is 31.3 Å². The smallest absolute Gasteiger partial charge is 0.309 e. The van der Waals surface area contributed by atoms with Crippen LogP contribution in [-0.2, 0) is 4.79 Å². The first-order valence-corrected chi connectivity index (χ1v) is 13.8. The van der Waals surface area contributed by atoms with E-state index in [0.29, 0.717) is 23.7 Å². The van der Waals surface area contributed by atoms with Crippen LogP contribution in [0.4, 0.5) is 0 Å². The highest BCUT2D eigenvalue weighted by Crippen LogP contribution is 2.77. The average molecular weight is 457 g/mol. The van der Waals surface area contributed by atoms with Crippen molar-refractivity contribution in [1.29, 1.82) is 0 Å². The summed E-state index contributed by atoms with van der Waals surface area (Å²) in [6.45, 7) is 18.8. The first-order chi connectivity index (χ1) is 15.3. The van der Waals surface area contributed by atoms with Crippen molar-refractivity contribution < 1.29 is 15.0 Å². The molecule has 5 saturated carbocycles. The first kappa shape index (κ1) is 23.9. The highest BCUT2D eigenvalue weighted by molar-refractivity contribution is 5.76. The Morgan fingerprint density at radius 3 is 2.15 bits per heavy atom. The van der Waals surface area contributed by atoms with Gasteiger partial charge in [0, 0.05) is 0 Å². The van der Waals surface area contributed by atoms with Crippen LogP contribution in [0.3, 0.4) is 0 Å². The fourth-order valence-electron chi connectivity index (χ4n) is 11.5. The molecule has 5 aliphatic rings. The van der Waals surface area contributed by atoms with E-state index in [1.54, 1.807) is 0 Å². The van der Waals surface area contributed by atoms with Gasteiger partial charge in [-0.15, -0.1) is 0 Å². The number of allylic oxidation sites excluding steroid dienone is 1. The molecule has 5 aliphatic carbocycles. The molecular formula is C30H48O3. The Morgan fingerprint density at radius 1 is 0.818 bits per heavy atom. The molecule has 0 spiro atoms. The van der Waals surface area contributed by atoms with Crippen LogP contribution in [0.2, 0.25) is 0 Å². The molecule has 0 saturated heterocycles. The number of aliphatic hydroxyl groups is 1. The summed E-state index contributed by atoms with van der Waals surface area (Å²) in [7, 11) is 0. The molecule has 10 atom stereocenters. The predicted octanol–water partition coefficient (Wildman–Crippen LogP) is 7.09. The largest absolute Gasteiger partial charge is 0.481 e. The molecule has 3 heteroatoms. The molecule has 33 heavy (non-hydrogen) atoms. The predicted molar refractivity (Wildman–Crippen MR) is 133 cm³/mol. The second kappa shape index (κ2) is 7.11. The number of hydrogen-bond donors (Lipinski definition) is 2. The second-order valence-corrected chi connectivity index (χ2v) is 14.5. The summed E-state index contributed by atoms with van der Waals surface area (Å²) in [5, 5.41) is 21.4. The molecule has 0 radical (unpaired) electrons. The topological polar surface area (TPSA) is 57.5 Å². The van der Waals surface area contributed by atoms with Crippen LogP contribution < -0.4 is 0 Å². The summed E-state index contributed by atoms with van der Waals surface area (Å²) < 4.78 is 0. The van der Waals surface area contributed by atoms with Gasteiger partial charge in [-0.2, -0.15) is 0 Å². The Kier molecular flexibility index (Phi) is 5.15. The molecule has 2 N–H and O–H groups in total. The number of carboxylic acid groups (broad SMARTS) is 1. The normalized spacial score (nSPS) is 55.0. The monoisotopic (exact) mass is 456 g/mol. The molecule has 0 aromatic rings. The summed E-state index contributed by atoms with van der Waals surface area (Å²) in [6.07, 6.45) is 10.5. The Bertz CT molecular complexity index is 861. The van der Waals surface area contributed by atoms with Crippen molar-refractivity contribution in [3.05, 3.63) is 12.2 Å². The number of aliphatic hydroxyl groups excluding tert-OH is 1. The van der Waals surface area contributed by atoms with Crippen molar-refractivity contribution in [2.24, 2.45) is 56.7 Å². The maximum atomic E-state index is 12.8. The molecule has 3 nitrogen and oxygen atoms in total. The SMILES string of the molecule is C=C(C)[C@@H]1CC[C@]2(C(=O)O)CC[C@]3(C)[C@@H](CC[C@@H]4[C@]5(C)CC[C@H](O)C(C)(C)[C@@H]5CC[C@@]43C)[C@H]12. The molecule has 186 valence electrons. The summed E-state index contributed by atoms with van der Waals surface area (Å²) in [5.74, 6) is 1.79. The van der Waals surface area contributed by atoms with Crippen molar-refractivity contribution in [3.8, 4) is 0 Å². The van der Waals surface area contributed by atoms with Crippen molar-refractivity contribution in [1.82, 2.24) is 0 Å². The van der Waals surface area contributed by atoms with Gasteiger partial charge in [0.05, 0.1) is 11.5 Å². The Labute approximate surface area is 201 Å². The van der Waals surface area contributed by atoms with Crippen LogP contribution in [0.25, 0.3) is 0 Å². The number of hydrogen-bond acceptors (Lipinski definition) is 2. The summed E-state index contributed by atoms with van der Waals surface area (Å²) in [5.41, 5.74) is 1.35. The molecule has 0 aromatic carbocycles. The highest BCUT2D eigenvalue weighted by Gasteiger charge is 2.71. The van der Waals surface area contributed by atoms with Gasteiger partial charge in [-0.3, -0.25) is 4.79 Å². The Morgan fingerprint density at radius 2 is 1.52 bits per heavy atom. The van der Waals surface area contributed by atoms with Crippen LogP contribution in [0.1, 0.15) is 106 Å². The van der Waals surface area contributed by atoms with Crippen molar-refractivity contribution in [3.63, 3.8) is 0 Å². The third-order valence-corrected chi connectivity index (χ3v) is 13.5. The van der Waals surface area contributed by atoms with E-state index in [1.807, 2.05) is 0 Å². The minimum absolute atomic E-state index is 0.0202. The number of rotatable bonds is 2. The molecule has 0 aromatic heterocycles. The lowest BCUT2D eigenvalue weighted by Crippen LogP contribution is -2.67. The van der Waals surface area contributed by atoms with Gasteiger partial charge in [-0.1, -0.05) is 46.8 Å². The van der Waals surface area contributed by atoms with Crippen LogP contribution in [0, 0.1) is 56.7 Å². The van der Waals surface area contributed by atoms with Crippen LogP contribution in [0.15, 0.2) is 12.2 Å². The van der Waals surface area contributed by atoms with Gasteiger partial charge >= 0.3 is 5.97 Å². The summed E-state index contributed by atoms with van der Waals surface area (Å²) in [4.78, 5) is 12.8. The highest BCUT2D eigenvalue weighted by atomic mass is 16.4. The van der Waals surface area contributed by atoms with Crippen LogP contribution in [0.5, 0.6) is 0 Å². The van der Waals surface area contributed by atoms with Crippen LogP contribution >= 0.6 is 0 Å². The van der Waals surface area contributed by atoms with Crippen molar-refractivity contribution in [2.75, 3.05) is 0 Å². The zero-order valence-electron chi connectivity index (χ0n) is 22.0. The van der Waals surface area contributed by atoms with E-state index >= 15 is 0 Å². The number of carboxylic acids is 1. The van der Waals surface area contributed by atoms with E-state index < -0.39 is 11.4 Å². The van der Waals surface area contributed by atoms with Gasteiger partial charge in [-0.25, -0.2) is 0 Å². The number of fused-ring (bicyclic) bond motifs is 7. The first-order valence-electron chi connectivity index (χ1n) is 13.8. The van der Waals surface area contributed by atoms with E-state index in [-0.39, 0.29) is 33.7 Å². The van der Waals surface area contributed by atoms with Crippen LogP contribution in [-0.4, -0.2) is 22.3 Å². The van der Waals surface area contributed by atoms with Gasteiger partial charge < -0.3 is 10.2 Å². The lowest BCUT2D eigenvalue weighted by molar-refractivity contribution is -0.248. The van der Waals surface area contributed by atoms with E-state index in [2.05, 4.69) is 48.1 Å². The standard InChI is InChI=1S/C30H48O3/c1-18(2)19-10-15-30(25(32)33)17-16-28(6)20(24(19)30)8-9-22-27(5)13-12-23(31)26(3,4)21(27)11-14-29(22,28)7/h19-24,31H,1,8-17H2,2-7H3,(H,32,33)/t19-,20-,21-,22+,23-,24-,27+,28+,29-,30-/m0/s1. The molecule has 5 fully saturated rings. The number of aliphatic carboxylic acids is 1.